The summed E-state index contributed by atoms with van der Waals surface area (Å²) in [5, 5.41) is 26.3. The number of allylic oxidation sites excluding steroid dienone is 1. The number of ether oxygens (including phenoxy) is 4. The maximum atomic E-state index is 13.8. The van der Waals surface area contributed by atoms with Crippen LogP contribution >= 0.6 is 0 Å². The van der Waals surface area contributed by atoms with Crippen LogP contribution in [-0.2, 0) is 32.1 Å². The van der Waals surface area contributed by atoms with Gasteiger partial charge in [-0.1, -0.05) is 36.4 Å². The van der Waals surface area contributed by atoms with E-state index >= 15 is 0 Å². The van der Waals surface area contributed by atoms with Gasteiger partial charge >= 0.3 is 5.97 Å². The Morgan fingerprint density at radius 3 is 2.36 bits per heavy atom. The van der Waals surface area contributed by atoms with Crippen molar-refractivity contribution < 1.29 is 48.3 Å². The number of esters is 1. The molecule has 0 spiro atoms. The van der Waals surface area contributed by atoms with Crippen LogP contribution in [0, 0.1) is 0 Å². The number of phenols is 2. The van der Waals surface area contributed by atoms with Crippen LogP contribution in [0.25, 0.3) is 6.08 Å². The van der Waals surface area contributed by atoms with Gasteiger partial charge in [0.15, 0.2) is 11.5 Å². The first-order chi connectivity index (χ1) is 25.5. The fourth-order valence-corrected chi connectivity index (χ4v) is 6.96. The SMILES string of the molecule is COc1cc(C(CC(=O)NCC(=O)N2CCc3ccccc3C2)c2c(O)cc3c(c2O)C(=O)O[C@@H](C)CCCC(=O)CCCC=C3)cc(OC)c1OC. The maximum absolute atomic E-state index is 13.8. The predicted molar refractivity (Wildman–Crippen MR) is 198 cm³/mol. The van der Waals surface area contributed by atoms with Crippen molar-refractivity contribution >= 4 is 29.6 Å². The normalized spacial score (nSPS) is 17.1. The molecule has 3 aromatic rings. The molecule has 0 saturated heterocycles. The second-order valence-corrected chi connectivity index (χ2v) is 13.4. The fraction of sp³-hybridized carbons (Fsp3) is 0.415. The van der Waals surface area contributed by atoms with Gasteiger partial charge in [0.05, 0.1) is 34.0 Å². The van der Waals surface area contributed by atoms with Gasteiger partial charge in [-0.2, -0.15) is 0 Å². The summed E-state index contributed by atoms with van der Waals surface area (Å²) in [4.78, 5) is 54.6. The number of carbonyl (C=O) groups excluding carboxylic acids is 4. The van der Waals surface area contributed by atoms with Gasteiger partial charge in [0, 0.05) is 43.8 Å². The first kappa shape index (κ1) is 38.7. The molecule has 0 saturated carbocycles. The van der Waals surface area contributed by atoms with Gasteiger partial charge in [-0.25, -0.2) is 4.79 Å². The minimum absolute atomic E-state index is 0.100. The molecule has 2 atom stereocenters. The van der Waals surface area contributed by atoms with Gasteiger partial charge in [0.2, 0.25) is 17.6 Å². The Morgan fingerprint density at radius 1 is 0.962 bits per heavy atom. The third-order valence-electron chi connectivity index (χ3n) is 9.80. The van der Waals surface area contributed by atoms with Crippen molar-refractivity contribution in [1.82, 2.24) is 10.2 Å². The lowest BCUT2D eigenvalue weighted by Crippen LogP contribution is -2.42. The van der Waals surface area contributed by atoms with Crippen molar-refractivity contribution in [2.24, 2.45) is 0 Å². The molecule has 12 heteroatoms. The summed E-state index contributed by atoms with van der Waals surface area (Å²) >= 11 is 0. The molecule has 53 heavy (non-hydrogen) atoms. The molecule has 2 heterocycles. The van der Waals surface area contributed by atoms with E-state index in [2.05, 4.69) is 5.32 Å². The smallest absolute Gasteiger partial charge is 0.342 e. The Bertz CT molecular complexity index is 1840. The van der Waals surface area contributed by atoms with E-state index in [-0.39, 0.29) is 64.3 Å². The molecule has 3 aromatic carbocycles. The molecule has 12 nitrogen and oxygen atoms in total. The lowest BCUT2D eigenvalue weighted by molar-refractivity contribution is -0.133. The van der Waals surface area contributed by atoms with Gasteiger partial charge in [-0.3, -0.25) is 14.4 Å². The van der Waals surface area contributed by atoms with Crippen LogP contribution in [0.1, 0.15) is 96.0 Å². The highest BCUT2D eigenvalue weighted by atomic mass is 16.5. The van der Waals surface area contributed by atoms with E-state index in [1.807, 2.05) is 24.3 Å². The topological polar surface area (TPSA) is 161 Å². The van der Waals surface area contributed by atoms with Crippen molar-refractivity contribution in [3.8, 4) is 28.7 Å². The van der Waals surface area contributed by atoms with E-state index < -0.39 is 29.6 Å². The predicted octanol–water partition coefficient (Wildman–Crippen LogP) is 5.83. The van der Waals surface area contributed by atoms with Crippen LogP contribution in [0.2, 0.25) is 0 Å². The third kappa shape index (κ3) is 9.29. The lowest BCUT2D eigenvalue weighted by atomic mass is 9.84. The number of hydrogen-bond acceptors (Lipinski definition) is 10. The number of Topliss-reactive ketones (excluding diaryl/α,β-unsaturated/α-hetero) is 1. The van der Waals surface area contributed by atoms with E-state index in [0.29, 0.717) is 63.6 Å². The Hall–Kier alpha value is -5.52. The largest absolute Gasteiger partial charge is 0.507 e. The molecule has 2 amide bonds. The number of fused-ring (bicyclic) bond motifs is 2. The van der Waals surface area contributed by atoms with Crippen molar-refractivity contribution in [1.29, 1.82) is 0 Å². The highest BCUT2D eigenvalue weighted by molar-refractivity contribution is 5.98. The fourth-order valence-electron chi connectivity index (χ4n) is 6.96. The first-order valence-corrected chi connectivity index (χ1v) is 17.9. The zero-order valence-corrected chi connectivity index (χ0v) is 30.7. The van der Waals surface area contributed by atoms with Crippen LogP contribution in [0.4, 0.5) is 0 Å². The summed E-state index contributed by atoms with van der Waals surface area (Å²) < 4.78 is 22.4. The van der Waals surface area contributed by atoms with Crippen LogP contribution in [0.3, 0.4) is 0 Å². The molecular weight excluding hydrogens is 680 g/mol. The second kappa shape index (κ2) is 17.8. The monoisotopic (exact) mass is 728 g/mol. The molecule has 5 rings (SSSR count). The number of nitrogens with zero attached hydrogens (tertiary/aromatic N) is 1. The van der Waals surface area contributed by atoms with E-state index in [9.17, 15) is 29.4 Å². The third-order valence-corrected chi connectivity index (χ3v) is 9.80. The molecule has 2 aliphatic heterocycles. The number of aromatic hydroxyl groups is 2. The standard InChI is InChI=1S/C41H48N2O10/c1-25-11-10-16-30(44)15-7-5-6-13-27-19-32(45)38(39(48)37(27)41(49)53-25)31(29-20-33(50-2)40(52-4)34(21-29)51-3)22-35(46)42-23-36(47)43-18-17-26-12-8-9-14-28(26)24-43/h6,8-9,12-14,19-21,25,31,45,48H,5,7,10-11,15-18,22-24H2,1-4H3,(H,42,46)/t25-,31?/m0/s1. The second-order valence-electron chi connectivity index (χ2n) is 13.4. The van der Waals surface area contributed by atoms with E-state index in [0.717, 1.165) is 5.56 Å². The minimum atomic E-state index is -1.07. The van der Waals surface area contributed by atoms with Crippen LogP contribution < -0.4 is 19.5 Å². The Kier molecular flexibility index (Phi) is 13.0. The zero-order valence-electron chi connectivity index (χ0n) is 30.7. The van der Waals surface area contributed by atoms with E-state index in [1.54, 1.807) is 36.1 Å². The summed E-state index contributed by atoms with van der Waals surface area (Å²) in [5.41, 5.74) is 2.59. The van der Waals surface area contributed by atoms with Gasteiger partial charge in [-0.05, 0) is 79.5 Å². The molecule has 3 N–H and O–H groups in total. The number of cyclic esters (lactones) is 1. The summed E-state index contributed by atoms with van der Waals surface area (Å²) in [6.45, 7) is 2.43. The van der Waals surface area contributed by atoms with Gasteiger partial charge in [0.25, 0.3) is 0 Å². The average molecular weight is 729 g/mol. The number of methoxy groups -OCH3 is 3. The number of hydrogen-bond donors (Lipinski definition) is 3. The minimum Gasteiger partial charge on any atom is -0.507 e. The Labute approximate surface area is 309 Å². The van der Waals surface area contributed by atoms with Crippen LogP contribution in [0.15, 0.2) is 48.5 Å². The first-order valence-electron chi connectivity index (χ1n) is 17.9. The molecule has 0 aromatic heterocycles. The lowest BCUT2D eigenvalue weighted by Gasteiger charge is -2.29. The molecule has 0 bridgehead atoms. The Morgan fingerprint density at radius 2 is 1.66 bits per heavy atom. The number of rotatable bonds is 9. The molecule has 1 unspecified atom stereocenters. The highest BCUT2D eigenvalue weighted by Crippen LogP contribution is 2.47. The summed E-state index contributed by atoms with van der Waals surface area (Å²) in [6.07, 6.45) is 6.16. The number of nitrogens with one attached hydrogen (secondary N) is 1. The average Bonchev–Trinajstić information content (AvgIpc) is 3.14. The maximum Gasteiger partial charge on any atom is 0.342 e. The molecular formula is C41H48N2O10. The number of phenolic OH excluding ortho intramolecular Hbond substituents is 2. The van der Waals surface area contributed by atoms with Crippen LogP contribution in [0.5, 0.6) is 28.7 Å². The number of carbonyl (C=O) groups is 4. The van der Waals surface area contributed by atoms with E-state index in [1.165, 1.54) is 33.0 Å². The van der Waals surface area contributed by atoms with Crippen molar-refractivity contribution in [2.75, 3.05) is 34.4 Å². The van der Waals surface area contributed by atoms with Crippen LogP contribution in [-0.4, -0.2) is 79.2 Å². The van der Waals surface area contributed by atoms with Gasteiger partial charge in [0.1, 0.15) is 22.8 Å². The molecule has 0 aliphatic carbocycles. The zero-order chi connectivity index (χ0) is 38.1. The quantitative estimate of drug-likeness (QED) is 0.229. The number of benzene rings is 3. The molecule has 2 aliphatic rings. The molecule has 282 valence electrons. The van der Waals surface area contributed by atoms with Crippen molar-refractivity contribution in [2.45, 2.75) is 76.9 Å². The molecule has 0 radical (unpaired) electrons. The van der Waals surface area contributed by atoms with Gasteiger partial charge in [-0.15, -0.1) is 0 Å². The Balaban J connectivity index is 1.52. The highest BCUT2D eigenvalue weighted by Gasteiger charge is 2.32. The summed E-state index contributed by atoms with van der Waals surface area (Å²) in [6, 6.07) is 12.5. The van der Waals surface area contributed by atoms with E-state index in [4.69, 9.17) is 18.9 Å². The molecule has 0 fully saturated rings. The summed E-state index contributed by atoms with van der Waals surface area (Å²) in [7, 11) is 4.33. The number of ketones is 1. The summed E-state index contributed by atoms with van der Waals surface area (Å²) in [5.74, 6) is -2.65. The van der Waals surface area contributed by atoms with Gasteiger partial charge < -0.3 is 39.4 Å². The number of amides is 2. The van der Waals surface area contributed by atoms with Crippen molar-refractivity contribution in [3.05, 3.63) is 81.9 Å². The van der Waals surface area contributed by atoms with Crippen molar-refractivity contribution in [3.63, 3.8) is 0 Å².